The van der Waals surface area contributed by atoms with Crippen molar-refractivity contribution in [2.75, 3.05) is 13.2 Å². The van der Waals surface area contributed by atoms with Crippen LogP contribution in [0.5, 0.6) is 0 Å². The summed E-state index contributed by atoms with van der Waals surface area (Å²) < 4.78 is 6.61. The van der Waals surface area contributed by atoms with Crippen molar-refractivity contribution in [1.82, 2.24) is 5.32 Å². The molecule has 0 spiro atoms. The van der Waals surface area contributed by atoms with E-state index in [0.717, 1.165) is 15.2 Å². The highest BCUT2D eigenvalue weighted by molar-refractivity contribution is 9.10. The van der Waals surface area contributed by atoms with Gasteiger partial charge in [0.05, 0.1) is 5.60 Å². The van der Waals surface area contributed by atoms with Crippen LogP contribution >= 0.6 is 15.9 Å². The van der Waals surface area contributed by atoms with Crippen LogP contribution in [0.15, 0.2) is 40.9 Å². The van der Waals surface area contributed by atoms with Gasteiger partial charge in [0, 0.05) is 23.2 Å². The Kier molecular flexibility index (Phi) is 5.01. The maximum absolute atomic E-state index is 12.2. The molecule has 112 valence electrons. The third-order valence-corrected chi connectivity index (χ3v) is 3.77. The van der Waals surface area contributed by atoms with E-state index in [1.165, 1.54) is 0 Å². The average Bonchev–Trinajstić information content (AvgIpc) is 2.44. The van der Waals surface area contributed by atoms with Gasteiger partial charge in [0.25, 0.3) is 5.91 Å². The number of ether oxygens (including phenoxy) is 1. The lowest BCUT2D eigenvalue weighted by atomic mass is 10.1. The molecule has 0 aliphatic carbocycles. The monoisotopic (exact) mass is 349 g/mol. The predicted octanol–water partition coefficient (Wildman–Crippen LogP) is 4.15. The molecule has 0 aliphatic heterocycles. The Balaban J connectivity index is 2.11. The summed E-state index contributed by atoms with van der Waals surface area (Å²) in [6.07, 6.45) is 0. The van der Waals surface area contributed by atoms with Gasteiger partial charge in [-0.15, -0.1) is 0 Å². The number of amides is 1. The van der Waals surface area contributed by atoms with Crippen LogP contribution in [0.2, 0.25) is 0 Å². The van der Waals surface area contributed by atoms with Crippen LogP contribution in [0.25, 0.3) is 10.8 Å². The number of hydrogen-bond donors (Lipinski definition) is 1. The first-order valence-corrected chi connectivity index (χ1v) is 7.82. The maximum atomic E-state index is 12.2. The van der Waals surface area contributed by atoms with Crippen LogP contribution in [-0.2, 0) is 4.74 Å². The molecule has 2 aromatic rings. The van der Waals surface area contributed by atoms with E-state index in [2.05, 4.69) is 21.2 Å². The largest absolute Gasteiger partial charge is 0.374 e. The topological polar surface area (TPSA) is 38.3 Å². The lowest BCUT2D eigenvalue weighted by molar-refractivity contribution is -0.00815. The van der Waals surface area contributed by atoms with E-state index < -0.39 is 0 Å². The summed E-state index contributed by atoms with van der Waals surface area (Å²) in [7, 11) is 0. The molecule has 0 atom stereocenters. The third kappa shape index (κ3) is 4.29. The van der Waals surface area contributed by atoms with Gasteiger partial charge in [-0.1, -0.05) is 28.1 Å². The summed E-state index contributed by atoms with van der Waals surface area (Å²) in [6, 6.07) is 11.7. The molecule has 0 aromatic heterocycles. The summed E-state index contributed by atoms with van der Waals surface area (Å²) in [5.41, 5.74) is 0.309. The molecule has 21 heavy (non-hydrogen) atoms. The van der Waals surface area contributed by atoms with E-state index in [4.69, 9.17) is 4.74 Å². The zero-order valence-electron chi connectivity index (χ0n) is 12.6. The fourth-order valence-electron chi connectivity index (χ4n) is 2.19. The van der Waals surface area contributed by atoms with E-state index in [-0.39, 0.29) is 11.5 Å². The normalized spacial score (nSPS) is 11.6. The quantitative estimate of drug-likeness (QED) is 0.880. The second-order valence-electron chi connectivity index (χ2n) is 5.58. The predicted molar refractivity (Wildman–Crippen MR) is 89.7 cm³/mol. The van der Waals surface area contributed by atoms with Crippen molar-refractivity contribution in [1.29, 1.82) is 0 Å². The number of fused-ring (bicyclic) bond motifs is 1. The maximum Gasteiger partial charge on any atom is 0.251 e. The van der Waals surface area contributed by atoms with E-state index >= 15 is 0 Å². The Morgan fingerprint density at radius 1 is 1.19 bits per heavy atom. The molecule has 0 unspecified atom stereocenters. The standard InChI is InChI=1S/C17H20BrNO2/c1-4-21-17(2,3)11-19-16(20)14-6-5-13-10-15(18)8-7-12(13)9-14/h5-10H,4,11H2,1-3H3,(H,19,20). The zero-order chi connectivity index (χ0) is 15.5. The summed E-state index contributed by atoms with van der Waals surface area (Å²) in [5, 5.41) is 5.08. The first-order valence-electron chi connectivity index (χ1n) is 7.03. The van der Waals surface area contributed by atoms with Crippen molar-refractivity contribution in [3.63, 3.8) is 0 Å². The van der Waals surface area contributed by atoms with Crippen LogP contribution in [-0.4, -0.2) is 24.7 Å². The number of halogens is 1. The van der Waals surface area contributed by atoms with Crippen molar-refractivity contribution in [3.8, 4) is 0 Å². The molecule has 0 saturated heterocycles. The highest BCUT2D eigenvalue weighted by Gasteiger charge is 2.19. The van der Waals surface area contributed by atoms with Crippen molar-refractivity contribution >= 4 is 32.6 Å². The van der Waals surface area contributed by atoms with Crippen LogP contribution < -0.4 is 5.32 Å². The van der Waals surface area contributed by atoms with Gasteiger partial charge in [-0.2, -0.15) is 0 Å². The summed E-state index contributed by atoms with van der Waals surface area (Å²) in [4.78, 5) is 12.2. The van der Waals surface area contributed by atoms with Gasteiger partial charge < -0.3 is 10.1 Å². The second-order valence-corrected chi connectivity index (χ2v) is 6.50. The van der Waals surface area contributed by atoms with Crippen molar-refractivity contribution in [2.45, 2.75) is 26.4 Å². The first kappa shape index (κ1) is 16.0. The molecular formula is C17H20BrNO2. The van der Waals surface area contributed by atoms with Gasteiger partial charge >= 0.3 is 0 Å². The first-order chi connectivity index (χ1) is 9.91. The minimum absolute atomic E-state index is 0.0763. The molecule has 0 heterocycles. The summed E-state index contributed by atoms with van der Waals surface area (Å²) in [5.74, 6) is -0.0763. The molecule has 0 radical (unpaired) electrons. The van der Waals surface area contributed by atoms with Gasteiger partial charge in [0.2, 0.25) is 0 Å². The molecule has 1 N–H and O–H groups in total. The Morgan fingerprint density at radius 3 is 2.57 bits per heavy atom. The van der Waals surface area contributed by atoms with Gasteiger partial charge in [-0.3, -0.25) is 4.79 Å². The molecular weight excluding hydrogens is 330 g/mol. The molecule has 2 rings (SSSR count). The van der Waals surface area contributed by atoms with E-state index in [1.807, 2.05) is 57.2 Å². The Hall–Kier alpha value is -1.39. The summed E-state index contributed by atoms with van der Waals surface area (Å²) >= 11 is 3.45. The van der Waals surface area contributed by atoms with E-state index in [9.17, 15) is 4.79 Å². The molecule has 4 heteroatoms. The number of benzene rings is 2. The minimum atomic E-state index is -0.355. The molecule has 0 saturated carbocycles. The highest BCUT2D eigenvalue weighted by Crippen LogP contribution is 2.21. The van der Waals surface area contributed by atoms with Gasteiger partial charge in [-0.25, -0.2) is 0 Å². The van der Waals surface area contributed by atoms with Crippen LogP contribution in [0.4, 0.5) is 0 Å². The number of carbonyl (C=O) groups is 1. The molecule has 0 bridgehead atoms. The molecule has 0 aliphatic rings. The van der Waals surface area contributed by atoms with Crippen molar-refractivity contribution in [2.24, 2.45) is 0 Å². The van der Waals surface area contributed by atoms with Crippen molar-refractivity contribution in [3.05, 3.63) is 46.4 Å². The van der Waals surface area contributed by atoms with Gasteiger partial charge in [-0.05, 0) is 55.8 Å². The summed E-state index contributed by atoms with van der Waals surface area (Å²) in [6.45, 7) is 7.00. The van der Waals surface area contributed by atoms with Crippen LogP contribution in [0, 0.1) is 0 Å². The molecule has 3 nitrogen and oxygen atoms in total. The fourth-order valence-corrected chi connectivity index (χ4v) is 2.57. The van der Waals surface area contributed by atoms with Crippen LogP contribution in [0.1, 0.15) is 31.1 Å². The SMILES string of the molecule is CCOC(C)(C)CNC(=O)c1ccc2cc(Br)ccc2c1. The number of rotatable bonds is 5. The number of nitrogens with one attached hydrogen (secondary N) is 1. The molecule has 2 aromatic carbocycles. The van der Waals surface area contributed by atoms with Crippen molar-refractivity contribution < 1.29 is 9.53 Å². The zero-order valence-corrected chi connectivity index (χ0v) is 14.2. The molecule has 0 fully saturated rings. The Morgan fingerprint density at radius 2 is 1.86 bits per heavy atom. The molecule has 1 amide bonds. The number of carbonyl (C=O) groups excluding carboxylic acids is 1. The van der Waals surface area contributed by atoms with Gasteiger partial charge in [0.1, 0.15) is 0 Å². The van der Waals surface area contributed by atoms with E-state index in [1.54, 1.807) is 0 Å². The fraction of sp³-hybridized carbons (Fsp3) is 0.353. The Bertz CT molecular complexity index is 652. The smallest absolute Gasteiger partial charge is 0.251 e. The number of hydrogen-bond acceptors (Lipinski definition) is 2. The Labute approximate surface area is 133 Å². The van der Waals surface area contributed by atoms with Crippen LogP contribution in [0.3, 0.4) is 0 Å². The lowest BCUT2D eigenvalue weighted by Gasteiger charge is -2.24. The highest BCUT2D eigenvalue weighted by atomic mass is 79.9. The van der Waals surface area contributed by atoms with E-state index in [0.29, 0.717) is 18.7 Å². The lowest BCUT2D eigenvalue weighted by Crippen LogP contribution is -2.40. The van der Waals surface area contributed by atoms with Gasteiger partial charge in [0.15, 0.2) is 0 Å². The minimum Gasteiger partial charge on any atom is -0.374 e. The second kappa shape index (κ2) is 6.58. The average molecular weight is 350 g/mol. The third-order valence-electron chi connectivity index (χ3n) is 3.27.